The van der Waals surface area contributed by atoms with E-state index < -0.39 is 0 Å². The molecule has 0 radical (unpaired) electrons. The summed E-state index contributed by atoms with van der Waals surface area (Å²) >= 11 is 6.89. The molecule has 2 rings (SSSR count). The monoisotopic (exact) mass is 395 g/mol. The molecule has 0 unspecified atom stereocenters. The standard InChI is InChI=1S/C16H15Br2NO/c1-3-11-9-13(17)5-7-15(11)19-16(20)12-4-6-14(18)10(2)8-12/h4-9H,3H2,1-2H3,(H,19,20). The fourth-order valence-corrected chi connectivity index (χ4v) is 2.61. The first-order chi connectivity index (χ1) is 9.51. The van der Waals surface area contributed by atoms with Crippen LogP contribution in [0.15, 0.2) is 45.3 Å². The summed E-state index contributed by atoms with van der Waals surface area (Å²) in [6.07, 6.45) is 0.869. The van der Waals surface area contributed by atoms with E-state index in [9.17, 15) is 4.79 Å². The van der Waals surface area contributed by atoms with Gasteiger partial charge in [-0.15, -0.1) is 0 Å². The number of anilines is 1. The van der Waals surface area contributed by atoms with Gasteiger partial charge in [0.15, 0.2) is 0 Å². The maximum Gasteiger partial charge on any atom is 0.255 e. The molecule has 0 atom stereocenters. The molecule has 0 saturated carbocycles. The third-order valence-electron chi connectivity index (χ3n) is 3.12. The normalized spacial score (nSPS) is 10.4. The number of rotatable bonds is 3. The Bertz CT molecular complexity index is 653. The molecule has 0 fully saturated rings. The molecule has 2 nitrogen and oxygen atoms in total. The van der Waals surface area contributed by atoms with Crippen LogP contribution in [0.5, 0.6) is 0 Å². The van der Waals surface area contributed by atoms with Crippen molar-refractivity contribution in [2.24, 2.45) is 0 Å². The summed E-state index contributed by atoms with van der Waals surface area (Å²) in [5.74, 6) is -0.0855. The molecule has 2 aromatic carbocycles. The first kappa shape index (κ1) is 15.3. The molecule has 20 heavy (non-hydrogen) atoms. The molecular weight excluding hydrogens is 382 g/mol. The van der Waals surface area contributed by atoms with Crippen molar-refractivity contribution in [2.75, 3.05) is 5.32 Å². The second-order valence-corrected chi connectivity index (χ2v) is 6.34. The molecule has 0 spiro atoms. The number of carbonyl (C=O) groups excluding carboxylic acids is 1. The van der Waals surface area contributed by atoms with E-state index in [-0.39, 0.29) is 5.91 Å². The highest BCUT2D eigenvalue weighted by Gasteiger charge is 2.10. The van der Waals surface area contributed by atoms with Crippen LogP contribution in [0.1, 0.15) is 28.4 Å². The lowest BCUT2D eigenvalue weighted by Crippen LogP contribution is -2.13. The lowest BCUT2D eigenvalue weighted by Gasteiger charge is -2.11. The van der Waals surface area contributed by atoms with Crippen LogP contribution in [0.2, 0.25) is 0 Å². The maximum absolute atomic E-state index is 12.3. The third kappa shape index (κ3) is 3.49. The van der Waals surface area contributed by atoms with Crippen molar-refractivity contribution in [1.29, 1.82) is 0 Å². The number of benzene rings is 2. The summed E-state index contributed by atoms with van der Waals surface area (Å²) in [5, 5.41) is 2.98. The number of hydrogen-bond donors (Lipinski definition) is 1. The Morgan fingerprint density at radius 2 is 1.90 bits per heavy atom. The first-order valence-corrected chi connectivity index (χ1v) is 7.95. The van der Waals surface area contributed by atoms with Crippen molar-refractivity contribution in [1.82, 2.24) is 0 Å². The minimum absolute atomic E-state index is 0.0855. The molecule has 0 bridgehead atoms. The van der Waals surface area contributed by atoms with Crippen LogP contribution < -0.4 is 5.32 Å². The fraction of sp³-hybridized carbons (Fsp3) is 0.188. The zero-order valence-electron chi connectivity index (χ0n) is 11.3. The first-order valence-electron chi connectivity index (χ1n) is 6.37. The van der Waals surface area contributed by atoms with E-state index in [0.717, 1.165) is 32.2 Å². The quantitative estimate of drug-likeness (QED) is 0.745. The number of hydrogen-bond acceptors (Lipinski definition) is 1. The van der Waals surface area contributed by atoms with E-state index in [4.69, 9.17) is 0 Å². The molecular formula is C16H15Br2NO. The molecule has 0 saturated heterocycles. The average molecular weight is 397 g/mol. The van der Waals surface area contributed by atoms with Crippen LogP contribution in [-0.2, 0) is 6.42 Å². The lowest BCUT2D eigenvalue weighted by atomic mass is 10.1. The molecule has 1 amide bonds. The highest BCUT2D eigenvalue weighted by atomic mass is 79.9. The van der Waals surface area contributed by atoms with Gasteiger partial charge in [0, 0.05) is 20.2 Å². The van der Waals surface area contributed by atoms with Crippen LogP contribution in [0.3, 0.4) is 0 Å². The van der Waals surface area contributed by atoms with E-state index >= 15 is 0 Å². The van der Waals surface area contributed by atoms with Crippen LogP contribution >= 0.6 is 31.9 Å². The van der Waals surface area contributed by atoms with Gasteiger partial charge in [0.1, 0.15) is 0 Å². The SMILES string of the molecule is CCc1cc(Br)ccc1NC(=O)c1ccc(Br)c(C)c1. The van der Waals surface area contributed by atoms with Gasteiger partial charge in [-0.2, -0.15) is 0 Å². The van der Waals surface area contributed by atoms with E-state index in [1.54, 1.807) is 0 Å². The van der Waals surface area contributed by atoms with E-state index in [1.165, 1.54) is 0 Å². The Morgan fingerprint density at radius 1 is 1.15 bits per heavy atom. The minimum atomic E-state index is -0.0855. The number of halogens is 2. The largest absolute Gasteiger partial charge is 0.322 e. The molecule has 0 heterocycles. The van der Waals surface area contributed by atoms with Crippen LogP contribution in [-0.4, -0.2) is 5.91 Å². The zero-order valence-corrected chi connectivity index (χ0v) is 14.5. The molecule has 1 N–H and O–H groups in total. The highest BCUT2D eigenvalue weighted by molar-refractivity contribution is 9.10. The van der Waals surface area contributed by atoms with Crippen molar-refractivity contribution in [3.63, 3.8) is 0 Å². The Balaban J connectivity index is 2.25. The van der Waals surface area contributed by atoms with Gasteiger partial charge >= 0.3 is 0 Å². The summed E-state index contributed by atoms with van der Waals surface area (Å²) < 4.78 is 2.03. The second kappa shape index (κ2) is 6.55. The molecule has 0 aliphatic carbocycles. The van der Waals surface area contributed by atoms with Crippen molar-refractivity contribution < 1.29 is 4.79 Å². The third-order valence-corrected chi connectivity index (χ3v) is 4.50. The summed E-state index contributed by atoms with van der Waals surface area (Å²) in [6, 6.07) is 11.5. The summed E-state index contributed by atoms with van der Waals surface area (Å²) in [6.45, 7) is 4.04. The van der Waals surface area contributed by atoms with E-state index in [1.807, 2.05) is 43.3 Å². The van der Waals surface area contributed by atoms with Gasteiger partial charge in [0.25, 0.3) is 5.91 Å². The summed E-state index contributed by atoms with van der Waals surface area (Å²) in [7, 11) is 0. The fourth-order valence-electron chi connectivity index (χ4n) is 1.96. The van der Waals surface area contributed by atoms with Crippen molar-refractivity contribution in [2.45, 2.75) is 20.3 Å². The number of amides is 1. The number of carbonyl (C=O) groups is 1. The van der Waals surface area contributed by atoms with Crippen LogP contribution in [0.4, 0.5) is 5.69 Å². The van der Waals surface area contributed by atoms with Crippen LogP contribution in [0, 0.1) is 6.92 Å². The number of aryl methyl sites for hydroxylation is 2. The van der Waals surface area contributed by atoms with E-state index in [0.29, 0.717) is 5.56 Å². The Labute approximate surface area is 135 Å². The summed E-state index contributed by atoms with van der Waals surface area (Å²) in [4.78, 5) is 12.3. The minimum Gasteiger partial charge on any atom is -0.322 e. The van der Waals surface area contributed by atoms with Gasteiger partial charge in [-0.1, -0.05) is 38.8 Å². The van der Waals surface area contributed by atoms with Gasteiger partial charge in [-0.05, 0) is 60.9 Å². The second-order valence-electron chi connectivity index (χ2n) is 4.57. The maximum atomic E-state index is 12.3. The molecule has 0 aromatic heterocycles. The number of nitrogens with one attached hydrogen (secondary N) is 1. The summed E-state index contributed by atoms with van der Waals surface area (Å²) in [5.41, 5.74) is 3.68. The van der Waals surface area contributed by atoms with Gasteiger partial charge in [0.2, 0.25) is 0 Å². The van der Waals surface area contributed by atoms with E-state index in [2.05, 4.69) is 44.1 Å². The predicted octanol–water partition coefficient (Wildman–Crippen LogP) is 5.33. The molecule has 4 heteroatoms. The van der Waals surface area contributed by atoms with Crippen molar-refractivity contribution in [3.8, 4) is 0 Å². The van der Waals surface area contributed by atoms with Crippen molar-refractivity contribution >= 4 is 43.5 Å². The molecule has 104 valence electrons. The van der Waals surface area contributed by atoms with Crippen LogP contribution in [0.25, 0.3) is 0 Å². The Hall–Kier alpha value is -1.13. The highest BCUT2D eigenvalue weighted by Crippen LogP contribution is 2.23. The molecule has 0 aliphatic heterocycles. The topological polar surface area (TPSA) is 29.1 Å². The Morgan fingerprint density at radius 3 is 2.55 bits per heavy atom. The lowest BCUT2D eigenvalue weighted by molar-refractivity contribution is 0.102. The molecule has 2 aromatic rings. The van der Waals surface area contributed by atoms with Crippen molar-refractivity contribution in [3.05, 3.63) is 62.0 Å². The average Bonchev–Trinajstić information content (AvgIpc) is 2.43. The smallest absolute Gasteiger partial charge is 0.255 e. The zero-order chi connectivity index (χ0) is 14.7. The molecule has 0 aliphatic rings. The van der Waals surface area contributed by atoms with Gasteiger partial charge in [-0.25, -0.2) is 0 Å². The predicted molar refractivity (Wildman–Crippen MR) is 90.4 cm³/mol. The van der Waals surface area contributed by atoms with Gasteiger partial charge in [0.05, 0.1) is 0 Å². The van der Waals surface area contributed by atoms with Gasteiger partial charge in [-0.3, -0.25) is 4.79 Å². The van der Waals surface area contributed by atoms with Gasteiger partial charge < -0.3 is 5.32 Å². The Kier molecular flexibility index (Phi) is 5.00.